The molecular weight excluding hydrogens is 362 g/mol. The minimum atomic E-state index is 0.511. The maximum Gasteiger partial charge on any atom is 0.196 e. The van der Waals surface area contributed by atoms with Gasteiger partial charge in [0.2, 0.25) is 0 Å². The van der Waals surface area contributed by atoms with E-state index in [9.17, 15) is 0 Å². The van der Waals surface area contributed by atoms with Gasteiger partial charge < -0.3 is 20.1 Å². The van der Waals surface area contributed by atoms with Gasteiger partial charge in [-0.2, -0.15) is 0 Å². The molecule has 0 aliphatic carbocycles. The van der Waals surface area contributed by atoms with Crippen molar-refractivity contribution in [1.29, 1.82) is 0 Å². The first-order chi connectivity index (χ1) is 13.3. The van der Waals surface area contributed by atoms with Crippen LogP contribution in [-0.4, -0.2) is 42.2 Å². The largest absolute Gasteiger partial charge is 0.493 e. The maximum atomic E-state index is 5.75. The molecule has 0 saturated carbocycles. The first-order valence-corrected chi connectivity index (χ1v) is 9.84. The summed E-state index contributed by atoms with van der Waals surface area (Å²) < 4.78 is 12.8. The molecule has 8 heteroatoms. The first kappa shape index (κ1) is 19.2. The highest BCUT2D eigenvalue weighted by Crippen LogP contribution is 2.18. The molecule has 2 heterocycles. The number of hydrogen-bond acceptors (Lipinski definition) is 5. The summed E-state index contributed by atoms with van der Waals surface area (Å²) in [7, 11) is 1.69. The molecular formula is C19H25N5O2S. The van der Waals surface area contributed by atoms with Crippen molar-refractivity contribution in [2.24, 2.45) is 4.99 Å². The quantitative estimate of drug-likeness (QED) is 0.335. The number of aromatic nitrogens is 2. The van der Waals surface area contributed by atoms with Crippen molar-refractivity contribution in [1.82, 2.24) is 14.7 Å². The molecule has 2 aromatic heterocycles. The van der Waals surface area contributed by atoms with Crippen LogP contribution >= 0.6 is 11.3 Å². The van der Waals surface area contributed by atoms with Gasteiger partial charge in [0.15, 0.2) is 10.9 Å². The lowest BCUT2D eigenvalue weighted by Gasteiger charge is -2.12. The summed E-state index contributed by atoms with van der Waals surface area (Å²) in [5.41, 5.74) is 1.86. The summed E-state index contributed by atoms with van der Waals surface area (Å²) in [6.45, 7) is 4.65. The number of fused-ring (bicyclic) bond motifs is 1. The third kappa shape index (κ3) is 5.70. The minimum absolute atomic E-state index is 0.511. The highest BCUT2D eigenvalue weighted by Gasteiger charge is 2.04. The van der Waals surface area contributed by atoms with Crippen LogP contribution in [0.5, 0.6) is 5.75 Å². The van der Waals surface area contributed by atoms with Crippen molar-refractivity contribution >= 4 is 27.9 Å². The zero-order chi connectivity index (χ0) is 18.9. The molecule has 3 rings (SSSR count). The van der Waals surface area contributed by atoms with Crippen molar-refractivity contribution in [2.75, 3.05) is 32.2 Å². The van der Waals surface area contributed by atoms with Crippen LogP contribution in [0.2, 0.25) is 0 Å². The van der Waals surface area contributed by atoms with Crippen LogP contribution in [0.15, 0.2) is 47.0 Å². The Morgan fingerprint density at radius 3 is 3.07 bits per heavy atom. The van der Waals surface area contributed by atoms with Crippen LogP contribution in [0.1, 0.15) is 19.0 Å². The molecule has 0 spiro atoms. The van der Waals surface area contributed by atoms with Gasteiger partial charge in [-0.15, -0.1) is 11.3 Å². The molecule has 0 amide bonds. The molecule has 3 aromatic rings. The standard InChI is InChI=1S/C19H25N5O2S/c1-3-20-18(21-13-16-14-24-8-11-27-19(24)23-16)22-15-6-4-7-17(12-15)26-10-5-9-25-2/h4,6-8,11-12,14H,3,5,9-10,13H2,1-2H3,(H2,20,21,22). The SMILES string of the molecule is CCNC(=NCc1cn2ccsc2n1)Nc1cccc(OCCCOC)c1. The Kier molecular flexibility index (Phi) is 7.06. The third-order valence-electron chi connectivity index (χ3n) is 3.74. The minimum Gasteiger partial charge on any atom is -0.493 e. The Labute approximate surface area is 163 Å². The van der Waals surface area contributed by atoms with Gasteiger partial charge in [-0.1, -0.05) is 6.07 Å². The molecule has 0 bridgehead atoms. The Balaban J connectivity index is 1.61. The van der Waals surface area contributed by atoms with Gasteiger partial charge in [0, 0.05) is 56.2 Å². The number of guanidine groups is 1. The number of benzene rings is 1. The van der Waals surface area contributed by atoms with Crippen LogP contribution in [0, 0.1) is 0 Å². The zero-order valence-electron chi connectivity index (χ0n) is 15.6. The molecule has 0 radical (unpaired) electrons. The molecule has 27 heavy (non-hydrogen) atoms. The summed E-state index contributed by atoms with van der Waals surface area (Å²) in [5, 5.41) is 8.60. The number of imidazole rings is 1. The Bertz CT molecular complexity index is 845. The fraction of sp³-hybridized carbons (Fsp3) is 0.368. The number of rotatable bonds is 9. The second-order valence-corrected chi connectivity index (χ2v) is 6.74. The fourth-order valence-electron chi connectivity index (χ4n) is 2.51. The topological polar surface area (TPSA) is 72.2 Å². The number of anilines is 1. The lowest BCUT2D eigenvalue weighted by Crippen LogP contribution is -2.30. The van der Waals surface area contributed by atoms with Crippen molar-refractivity contribution in [3.8, 4) is 5.75 Å². The van der Waals surface area contributed by atoms with E-state index in [-0.39, 0.29) is 0 Å². The van der Waals surface area contributed by atoms with E-state index in [2.05, 4.69) is 20.6 Å². The van der Waals surface area contributed by atoms with Crippen molar-refractivity contribution < 1.29 is 9.47 Å². The normalized spacial score (nSPS) is 11.7. The molecule has 0 unspecified atom stereocenters. The molecule has 1 aromatic carbocycles. The van der Waals surface area contributed by atoms with Crippen LogP contribution in [0.25, 0.3) is 4.96 Å². The summed E-state index contributed by atoms with van der Waals surface area (Å²) >= 11 is 1.62. The molecule has 0 atom stereocenters. The zero-order valence-corrected chi connectivity index (χ0v) is 16.5. The van der Waals surface area contributed by atoms with Gasteiger partial charge in [0.25, 0.3) is 0 Å². The van der Waals surface area contributed by atoms with E-state index in [1.807, 2.05) is 53.4 Å². The molecule has 0 fully saturated rings. The summed E-state index contributed by atoms with van der Waals surface area (Å²) in [4.78, 5) is 10.2. The van der Waals surface area contributed by atoms with E-state index >= 15 is 0 Å². The summed E-state index contributed by atoms with van der Waals surface area (Å²) in [6.07, 6.45) is 4.87. The highest BCUT2D eigenvalue weighted by molar-refractivity contribution is 7.15. The number of aliphatic imine (C=N–C) groups is 1. The van der Waals surface area contributed by atoms with Crippen molar-refractivity contribution in [3.05, 3.63) is 47.7 Å². The van der Waals surface area contributed by atoms with E-state index in [1.165, 1.54) is 0 Å². The van der Waals surface area contributed by atoms with Gasteiger partial charge in [0.1, 0.15) is 5.75 Å². The van der Waals surface area contributed by atoms with Crippen LogP contribution in [-0.2, 0) is 11.3 Å². The number of hydrogen-bond donors (Lipinski definition) is 2. The number of nitrogens with one attached hydrogen (secondary N) is 2. The fourth-order valence-corrected chi connectivity index (χ4v) is 3.23. The molecule has 2 N–H and O–H groups in total. The average Bonchev–Trinajstić information content (AvgIpc) is 3.26. The van der Waals surface area contributed by atoms with Gasteiger partial charge in [0.05, 0.1) is 18.8 Å². The van der Waals surface area contributed by atoms with Crippen LogP contribution < -0.4 is 15.4 Å². The van der Waals surface area contributed by atoms with E-state index in [0.717, 1.165) is 35.1 Å². The summed E-state index contributed by atoms with van der Waals surface area (Å²) in [5.74, 6) is 1.53. The molecule has 7 nitrogen and oxygen atoms in total. The Hall–Kier alpha value is -2.58. The monoisotopic (exact) mass is 387 g/mol. The molecule has 0 aliphatic heterocycles. The van der Waals surface area contributed by atoms with Gasteiger partial charge in [-0.25, -0.2) is 9.98 Å². The number of thiazole rings is 1. The second-order valence-electron chi connectivity index (χ2n) is 5.87. The Morgan fingerprint density at radius 2 is 2.26 bits per heavy atom. The lowest BCUT2D eigenvalue weighted by atomic mass is 10.3. The van der Waals surface area contributed by atoms with Gasteiger partial charge >= 0.3 is 0 Å². The predicted molar refractivity (Wildman–Crippen MR) is 110 cm³/mol. The van der Waals surface area contributed by atoms with E-state index in [4.69, 9.17) is 9.47 Å². The van der Waals surface area contributed by atoms with E-state index < -0.39 is 0 Å². The van der Waals surface area contributed by atoms with Gasteiger partial charge in [-0.05, 0) is 19.1 Å². The van der Waals surface area contributed by atoms with Gasteiger partial charge in [-0.3, -0.25) is 4.40 Å². The predicted octanol–water partition coefficient (Wildman–Crippen LogP) is 3.39. The summed E-state index contributed by atoms with van der Waals surface area (Å²) in [6, 6.07) is 7.86. The Morgan fingerprint density at radius 1 is 1.33 bits per heavy atom. The van der Waals surface area contributed by atoms with Crippen LogP contribution in [0.3, 0.4) is 0 Å². The molecule has 144 valence electrons. The van der Waals surface area contributed by atoms with Crippen LogP contribution in [0.4, 0.5) is 5.69 Å². The first-order valence-electron chi connectivity index (χ1n) is 8.96. The maximum absolute atomic E-state index is 5.75. The number of nitrogens with zero attached hydrogens (tertiary/aromatic N) is 3. The van der Waals surface area contributed by atoms with Crippen molar-refractivity contribution in [2.45, 2.75) is 19.9 Å². The van der Waals surface area contributed by atoms with E-state index in [0.29, 0.717) is 25.7 Å². The lowest BCUT2D eigenvalue weighted by molar-refractivity contribution is 0.172. The van der Waals surface area contributed by atoms with Crippen molar-refractivity contribution in [3.63, 3.8) is 0 Å². The second kappa shape index (κ2) is 9.94. The molecule has 0 saturated heterocycles. The van der Waals surface area contributed by atoms with E-state index in [1.54, 1.807) is 18.4 Å². The third-order valence-corrected chi connectivity index (χ3v) is 4.52. The molecule has 0 aliphatic rings. The highest BCUT2D eigenvalue weighted by atomic mass is 32.1. The average molecular weight is 388 g/mol. The number of ether oxygens (including phenoxy) is 2. The number of methoxy groups -OCH3 is 1. The smallest absolute Gasteiger partial charge is 0.196 e.